The van der Waals surface area contributed by atoms with Crippen molar-refractivity contribution in [2.75, 3.05) is 57.0 Å². The molecule has 0 unspecified atom stereocenters. The molecule has 486 valence electrons. The fraction of sp³-hybridized carbons (Fsp3) is 0.323. The number of anilines is 3. The van der Waals surface area contributed by atoms with Crippen molar-refractivity contribution < 1.29 is 90.1 Å². The van der Waals surface area contributed by atoms with E-state index in [1.165, 1.54) is 11.4 Å². The van der Waals surface area contributed by atoms with Crippen LogP contribution in [0.2, 0.25) is 11.8 Å². The first-order valence-corrected chi connectivity index (χ1v) is 27.8. The SMILES string of the molecule is C=[N-].CB(O)O.[C-]#[N+]C(C)(C)c1ccc2c(=O)c3ccc(C)c(N(C)C)c3n(CC(=O)O)c2n1.[C-]#[N+]C(C)(C)c1ccc2c(=O)c3ccc(C)c(N(C)C)c3n(C[C-]=O)c2n1.[C-]#[N+]C(C)(C)c1ccc2c(=O)c3ccc(Cl)c(N(C)C)c3n(CC(=O)O)c2n1.[CH3-].[Na+].[OH-].[Pd+2]. The van der Waals surface area contributed by atoms with E-state index in [1.807, 2.05) is 70.3 Å². The molecule has 0 saturated heterocycles. The molecule has 9 rings (SSSR count). The van der Waals surface area contributed by atoms with Gasteiger partial charge in [-0.15, -0.1) is 0 Å². The fourth-order valence-electron chi connectivity index (χ4n) is 10.1. The van der Waals surface area contributed by atoms with Gasteiger partial charge in [0.05, 0.1) is 54.8 Å². The maximum absolute atomic E-state index is 13.2. The van der Waals surface area contributed by atoms with Crippen molar-refractivity contribution in [2.24, 2.45) is 0 Å². The average molecular weight is 1390 g/mol. The Balaban J connectivity index is 0.000000654. The molecule has 93 heavy (non-hydrogen) atoms. The minimum absolute atomic E-state index is 0. The van der Waals surface area contributed by atoms with Gasteiger partial charge in [0, 0.05) is 100.0 Å². The zero-order chi connectivity index (χ0) is 67.1. The van der Waals surface area contributed by atoms with Gasteiger partial charge in [0.25, 0.3) is 16.6 Å². The van der Waals surface area contributed by atoms with Gasteiger partial charge in [0.15, 0.2) is 16.3 Å². The summed E-state index contributed by atoms with van der Waals surface area (Å²) in [5.74, 6) is -2.11. The third-order valence-corrected chi connectivity index (χ3v) is 14.7. The molecule has 0 saturated carbocycles. The standard InChI is InChI=1S/C21H22N4O3.C21H21N4O2.C20H19ClN4O3.CH5BO2.CH2N.CH3.Na.H2O.Pd/c1-12-7-8-13-18(17(12)24(5)6)25(11-16(26)27)20-14(19(13)28)9-10-15(23-20)21(2,3)22-4;1-13-7-8-14-18(17(13)24(5)6)25(11-12-26)20-15(19(14)27)9-10-16(23-20)21(2,3)22-4;1-20(2,22-3)14-9-7-12-18(28)11-6-8-13(21)17(24(4)5)16(11)25(10-15(26)27)19(12)23-14;1-2(3)4;1-2;;;;/h7-10H,11H2,1-3,5-6H3,(H,26,27);7-10H,11H2,1-3,5-6H3;6-9H,10H2,1-2,4-5H3,(H,26,27);3-4H,1H3;1H2;1H3;;1H2;/q;-1;;;2*-1;+1;;+2/p-1. The topological polar surface area (TPSA) is 312 Å². The summed E-state index contributed by atoms with van der Waals surface area (Å²) in [5, 5.41) is 43.8. The minimum Gasteiger partial charge on any atom is -0.870 e. The number of benzene rings is 3. The van der Waals surface area contributed by atoms with E-state index in [-0.39, 0.29) is 104 Å². The van der Waals surface area contributed by atoms with Crippen LogP contribution >= 0.6 is 11.6 Å². The van der Waals surface area contributed by atoms with E-state index in [1.54, 1.807) is 130 Å². The fourth-order valence-corrected chi connectivity index (χ4v) is 10.4. The number of hydrogen-bond donors (Lipinski definition) is 4. The van der Waals surface area contributed by atoms with E-state index >= 15 is 0 Å². The number of aromatic nitrogens is 6. The van der Waals surface area contributed by atoms with Crippen LogP contribution in [0.15, 0.2) is 87.2 Å². The van der Waals surface area contributed by atoms with Crippen molar-refractivity contribution in [3.05, 3.63) is 184 Å². The molecule has 6 heterocycles. The minimum atomic E-state index is -1.17. The van der Waals surface area contributed by atoms with Crippen LogP contribution in [-0.2, 0) is 71.1 Å². The van der Waals surface area contributed by atoms with Crippen molar-refractivity contribution in [1.82, 2.24) is 28.7 Å². The summed E-state index contributed by atoms with van der Waals surface area (Å²) in [7, 11) is 9.88. The molecule has 0 aliphatic carbocycles. The molecule has 0 aliphatic rings. The quantitative estimate of drug-likeness (QED) is 0.0440. The Hall–Kier alpha value is -8.43. The van der Waals surface area contributed by atoms with Crippen LogP contribution in [0.25, 0.3) is 85.8 Å². The van der Waals surface area contributed by atoms with Crippen molar-refractivity contribution >= 4 is 127 Å². The van der Waals surface area contributed by atoms with Crippen LogP contribution in [0, 0.1) is 41.0 Å². The maximum atomic E-state index is 13.2. The number of carboxylic acids is 2. The van der Waals surface area contributed by atoms with Crippen LogP contribution in [0.5, 0.6) is 0 Å². The van der Waals surface area contributed by atoms with Crippen LogP contribution in [0.1, 0.15) is 69.8 Å². The Kier molecular flexibility index (Phi) is 29.7. The van der Waals surface area contributed by atoms with Crippen LogP contribution in [0.3, 0.4) is 0 Å². The van der Waals surface area contributed by atoms with Gasteiger partial charge >= 0.3 is 69.0 Å². The first-order valence-electron chi connectivity index (χ1n) is 27.4. The van der Waals surface area contributed by atoms with Crippen molar-refractivity contribution in [1.29, 1.82) is 0 Å². The molecule has 0 bridgehead atoms. The zero-order valence-electron chi connectivity index (χ0n) is 55.0. The zero-order valence-corrected chi connectivity index (χ0v) is 59.3. The number of carbonyl (C=O) groups is 2. The van der Waals surface area contributed by atoms with Gasteiger partial charge in [-0.2, -0.15) is 0 Å². The molecule has 28 heteroatoms. The Morgan fingerprint density at radius 2 is 0.828 bits per heavy atom. The number of nitrogens with zero attached hydrogens (tertiary/aromatic N) is 13. The Labute approximate surface area is 580 Å². The van der Waals surface area contributed by atoms with Gasteiger partial charge < -0.3 is 86.3 Å². The number of pyridine rings is 6. The van der Waals surface area contributed by atoms with E-state index in [2.05, 4.69) is 36.2 Å². The molecular weight excluding hydrogens is 1310 g/mol. The molecule has 0 amide bonds. The van der Waals surface area contributed by atoms with Crippen LogP contribution in [0.4, 0.5) is 17.1 Å². The number of hydrogen-bond acceptors (Lipinski definition) is 15. The molecular formula is C65H73BClN13NaO11Pd-. The van der Waals surface area contributed by atoms with Crippen LogP contribution in [-0.4, -0.2) is 129 Å². The van der Waals surface area contributed by atoms with Gasteiger partial charge in [-0.1, -0.05) is 30.3 Å². The number of halogens is 1. The second kappa shape index (κ2) is 33.4. The summed E-state index contributed by atoms with van der Waals surface area (Å²) in [4.78, 5) is 104. The number of aryl methyl sites for hydroxylation is 2. The van der Waals surface area contributed by atoms with E-state index in [0.717, 1.165) is 22.5 Å². The third-order valence-electron chi connectivity index (χ3n) is 14.3. The number of carbonyl (C=O) groups excluding carboxylic acids is 1. The Morgan fingerprint density at radius 1 is 0.570 bits per heavy atom. The molecule has 0 fully saturated rings. The van der Waals surface area contributed by atoms with Gasteiger partial charge in [-0.25, -0.2) is 47.7 Å². The summed E-state index contributed by atoms with van der Waals surface area (Å²) in [6, 6.07) is 20.5. The molecule has 6 aromatic heterocycles. The van der Waals surface area contributed by atoms with E-state index in [4.69, 9.17) is 46.8 Å². The first kappa shape index (κ1) is 82.6. The normalized spacial score (nSPS) is 10.7. The monoisotopic (exact) mass is 1390 g/mol. The number of aliphatic carboxylic acids is 2. The number of carboxylic acid groups (broad SMARTS) is 2. The third kappa shape index (κ3) is 17.2. The molecule has 3 aromatic carbocycles. The van der Waals surface area contributed by atoms with Crippen molar-refractivity contribution in [3.8, 4) is 0 Å². The molecule has 0 spiro atoms. The first-order chi connectivity index (χ1) is 41.6. The number of fused-ring (bicyclic) bond motifs is 6. The largest absolute Gasteiger partial charge is 2.00 e. The smallest absolute Gasteiger partial charge is 0.870 e. The molecule has 5 N–H and O–H groups in total. The average Bonchev–Trinajstić information content (AvgIpc) is 0.756. The van der Waals surface area contributed by atoms with Crippen molar-refractivity contribution in [3.63, 3.8) is 0 Å². The van der Waals surface area contributed by atoms with E-state index < -0.39 is 42.2 Å². The second-order valence-electron chi connectivity index (χ2n) is 22.8. The number of rotatable bonds is 12. The van der Waals surface area contributed by atoms with Gasteiger partial charge in [-0.3, -0.25) is 24.0 Å². The van der Waals surface area contributed by atoms with Gasteiger partial charge in [-0.05, 0) is 92.5 Å². The van der Waals surface area contributed by atoms with Gasteiger partial charge in [0.1, 0.15) is 47.1 Å². The van der Waals surface area contributed by atoms with E-state index in [9.17, 15) is 39.0 Å². The molecule has 9 aromatic rings. The predicted octanol–water partition coefficient (Wildman–Crippen LogP) is 6.48. The molecule has 24 nitrogen and oxygen atoms in total. The van der Waals surface area contributed by atoms with Gasteiger partial charge in [0.2, 0.25) is 0 Å². The summed E-state index contributed by atoms with van der Waals surface area (Å²) in [6.07, 6.45) is 1.94. The Bertz CT molecular complexity index is 4430. The summed E-state index contributed by atoms with van der Waals surface area (Å²) >= 11 is 6.37. The summed E-state index contributed by atoms with van der Waals surface area (Å²) < 4.78 is 4.78. The second-order valence-corrected chi connectivity index (χ2v) is 23.2. The molecule has 0 atom stereocenters. The maximum Gasteiger partial charge on any atom is 2.00 e. The van der Waals surface area contributed by atoms with Crippen molar-refractivity contribution in [2.45, 2.75) is 98.5 Å². The summed E-state index contributed by atoms with van der Waals surface area (Å²) in [5.41, 5.74) is 4.88. The molecule has 0 aliphatic heterocycles. The predicted molar refractivity (Wildman–Crippen MR) is 363 cm³/mol. The summed E-state index contributed by atoms with van der Waals surface area (Å²) in [6.45, 7) is 39.3. The molecule has 0 radical (unpaired) electrons. The van der Waals surface area contributed by atoms with Crippen LogP contribution < -0.4 is 60.5 Å². The van der Waals surface area contributed by atoms with E-state index in [0.29, 0.717) is 82.3 Å². The Morgan fingerprint density at radius 3 is 1.10 bits per heavy atom.